The number of hydrogen-bond donors (Lipinski definition) is 0. The van der Waals surface area contributed by atoms with Gasteiger partial charge < -0.3 is 4.74 Å². The number of aliphatic imine (C=N–C) groups is 1. The van der Waals surface area contributed by atoms with Crippen LogP contribution in [0.1, 0.15) is 71.1 Å². The van der Waals surface area contributed by atoms with E-state index in [4.69, 9.17) is 9.73 Å². The van der Waals surface area contributed by atoms with Gasteiger partial charge in [0.05, 0.1) is 11.8 Å². The molecule has 0 aromatic heterocycles. The average Bonchev–Trinajstić information content (AvgIpc) is 2.63. The minimum absolute atomic E-state index is 0.00179. The zero-order valence-electron chi connectivity index (χ0n) is 18.9. The number of fused-ring (bicyclic) bond motifs is 2. The number of hydrogen-bond acceptors (Lipinski definition) is 2. The molecular weight excluding hydrogens is 354 g/mol. The first-order valence-electron chi connectivity index (χ1n) is 10.8. The smallest absolute Gasteiger partial charge is 0.140 e. The van der Waals surface area contributed by atoms with Crippen molar-refractivity contribution < 1.29 is 4.74 Å². The minimum atomic E-state index is 0.00179. The maximum Gasteiger partial charge on any atom is 0.140 e. The van der Waals surface area contributed by atoms with Crippen LogP contribution >= 0.6 is 0 Å². The molecule has 2 heterocycles. The van der Waals surface area contributed by atoms with Crippen molar-refractivity contribution in [1.29, 1.82) is 0 Å². The van der Waals surface area contributed by atoms with Gasteiger partial charge in [-0.2, -0.15) is 0 Å². The molecule has 0 radical (unpaired) electrons. The third-order valence-corrected chi connectivity index (χ3v) is 6.03. The first-order valence-corrected chi connectivity index (χ1v) is 10.8. The van der Waals surface area contributed by atoms with E-state index in [1.54, 1.807) is 0 Å². The van der Waals surface area contributed by atoms with Crippen LogP contribution < -0.4 is 4.74 Å². The van der Waals surface area contributed by atoms with Crippen molar-refractivity contribution in [2.75, 3.05) is 0 Å². The summed E-state index contributed by atoms with van der Waals surface area (Å²) in [5.41, 5.74) is 5.80. The van der Waals surface area contributed by atoms with Crippen LogP contribution in [0.25, 0.3) is 10.8 Å². The highest BCUT2D eigenvalue weighted by Gasteiger charge is 2.37. The molecule has 2 aliphatic rings. The monoisotopic (exact) mass is 387 g/mol. The van der Waals surface area contributed by atoms with Gasteiger partial charge in [-0.15, -0.1) is 0 Å². The van der Waals surface area contributed by atoms with E-state index in [9.17, 15) is 0 Å². The summed E-state index contributed by atoms with van der Waals surface area (Å²) in [6, 6.07) is 9.04. The predicted octanol–water partition coefficient (Wildman–Crippen LogP) is 7.21. The molecule has 2 atom stereocenters. The normalized spacial score (nSPS) is 22.7. The Morgan fingerprint density at radius 1 is 1.14 bits per heavy atom. The zero-order valence-corrected chi connectivity index (χ0v) is 18.9. The first kappa shape index (κ1) is 19.9. The van der Waals surface area contributed by atoms with E-state index < -0.39 is 0 Å². The molecule has 0 fully saturated rings. The van der Waals surface area contributed by atoms with Crippen LogP contribution in [0, 0.1) is 11.3 Å². The van der Waals surface area contributed by atoms with Crippen molar-refractivity contribution in [2.45, 2.75) is 66.8 Å². The van der Waals surface area contributed by atoms with E-state index in [0.717, 1.165) is 29.2 Å². The molecule has 4 rings (SSSR count). The second-order valence-electron chi connectivity index (χ2n) is 10.2. The molecule has 29 heavy (non-hydrogen) atoms. The van der Waals surface area contributed by atoms with Gasteiger partial charge in [0, 0.05) is 22.6 Å². The SMILES string of the molecule is C=C1C2=NC(C)C(C)c3c2c(c(CC(C)C)c2ccccc32)O/C1=C/C(C)(C)C. The highest BCUT2D eigenvalue weighted by atomic mass is 16.5. The number of allylic oxidation sites excluding steroid dienone is 2. The molecule has 2 nitrogen and oxygen atoms in total. The summed E-state index contributed by atoms with van der Waals surface area (Å²) in [5, 5.41) is 2.66. The number of rotatable bonds is 2. The lowest BCUT2D eigenvalue weighted by molar-refractivity contribution is 0.404. The van der Waals surface area contributed by atoms with Gasteiger partial charge in [0.25, 0.3) is 0 Å². The fourth-order valence-electron chi connectivity index (χ4n) is 4.59. The Balaban J connectivity index is 2.12. The maximum absolute atomic E-state index is 6.67. The summed E-state index contributed by atoms with van der Waals surface area (Å²) >= 11 is 0. The van der Waals surface area contributed by atoms with E-state index >= 15 is 0 Å². The molecule has 2 heteroatoms. The number of nitrogens with zero attached hydrogens (tertiary/aromatic N) is 1. The van der Waals surface area contributed by atoms with Gasteiger partial charge in [0.15, 0.2) is 0 Å². The van der Waals surface area contributed by atoms with Crippen molar-refractivity contribution in [1.82, 2.24) is 0 Å². The molecule has 2 aromatic rings. The predicted molar refractivity (Wildman–Crippen MR) is 124 cm³/mol. The van der Waals surface area contributed by atoms with Crippen molar-refractivity contribution >= 4 is 16.5 Å². The molecule has 2 aromatic carbocycles. The van der Waals surface area contributed by atoms with Crippen molar-refractivity contribution in [3.05, 3.63) is 64.9 Å². The fourth-order valence-corrected chi connectivity index (χ4v) is 4.59. The Morgan fingerprint density at radius 2 is 1.79 bits per heavy atom. The van der Waals surface area contributed by atoms with E-state index in [1.165, 1.54) is 27.5 Å². The lowest BCUT2D eigenvalue weighted by Gasteiger charge is -2.36. The van der Waals surface area contributed by atoms with E-state index in [-0.39, 0.29) is 11.5 Å². The van der Waals surface area contributed by atoms with Crippen molar-refractivity contribution in [2.24, 2.45) is 16.3 Å². The molecule has 0 saturated carbocycles. The van der Waals surface area contributed by atoms with Crippen LogP contribution in [-0.2, 0) is 6.42 Å². The van der Waals surface area contributed by atoms with Gasteiger partial charge in [0.1, 0.15) is 11.5 Å². The Morgan fingerprint density at radius 3 is 2.41 bits per heavy atom. The summed E-state index contributed by atoms with van der Waals surface area (Å²) in [6.07, 6.45) is 3.17. The summed E-state index contributed by atoms with van der Waals surface area (Å²) in [6.45, 7) is 20.0. The molecule has 0 spiro atoms. The van der Waals surface area contributed by atoms with Crippen LogP contribution in [0.5, 0.6) is 5.75 Å². The third-order valence-electron chi connectivity index (χ3n) is 6.03. The topological polar surface area (TPSA) is 21.6 Å². The van der Waals surface area contributed by atoms with E-state index in [1.807, 2.05) is 0 Å². The van der Waals surface area contributed by atoms with Gasteiger partial charge >= 0.3 is 0 Å². The second-order valence-corrected chi connectivity index (χ2v) is 10.2. The third kappa shape index (κ3) is 3.33. The summed E-state index contributed by atoms with van der Waals surface area (Å²) in [5.74, 6) is 2.75. The summed E-state index contributed by atoms with van der Waals surface area (Å²) in [7, 11) is 0. The molecule has 0 saturated heterocycles. The van der Waals surface area contributed by atoms with E-state index in [2.05, 4.69) is 85.4 Å². The maximum atomic E-state index is 6.67. The van der Waals surface area contributed by atoms with Gasteiger partial charge in [-0.05, 0) is 47.1 Å². The zero-order chi connectivity index (χ0) is 21.1. The molecule has 0 bridgehead atoms. The van der Waals surface area contributed by atoms with Gasteiger partial charge in [-0.25, -0.2) is 0 Å². The Hall–Kier alpha value is -2.35. The molecule has 2 aliphatic heterocycles. The number of benzene rings is 2. The summed E-state index contributed by atoms with van der Waals surface area (Å²) < 4.78 is 6.67. The van der Waals surface area contributed by atoms with Crippen LogP contribution in [0.3, 0.4) is 0 Å². The second kappa shape index (κ2) is 6.86. The van der Waals surface area contributed by atoms with Gasteiger partial charge in [-0.3, -0.25) is 4.99 Å². The standard InChI is InChI=1S/C27H33NO/c1-15(2)13-21-19-11-9-10-12-20(19)23-16(3)18(5)28-25-17(4)22(14-27(6,7)8)29-26(21)24(23)25/h9-12,14-16,18H,4,13H2,1-3,5-8H3/b22-14+. The van der Waals surface area contributed by atoms with Crippen molar-refractivity contribution in [3.63, 3.8) is 0 Å². The highest BCUT2D eigenvalue weighted by Crippen LogP contribution is 2.49. The molecule has 0 aliphatic carbocycles. The Bertz CT molecular complexity index is 1060. The Labute approximate surface area is 175 Å². The molecule has 2 unspecified atom stereocenters. The molecule has 0 N–H and O–H groups in total. The summed E-state index contributed by atoms with van der Waals surface area (Å²) in [4.78, 5) is 5.12. The highest BCUT2D eigenvalue weighted by molar-refractivity contribution is 6.21. The quantitative estimate of drug-likeness (QED) is 0.533. The Kier molecular flexibility index (Phi) is 4.72. The molecule has 0 amide bonds. The average molecular weight is 388 g/mol. The van der Waals surface area contributed by atoms with Crippen molar-refractivity contribution in [3.8, 4) is 5.75 Å². The number of ether oxygens (including phenoxy) is 1. The van der Waals surface area contributed by atoms with Crippen LogP contribution in [0.15, 0.2) is 53.2 Å². The van der Waals surface area contributed by atoms with Crippen LogP contribution in [0.2, 0.25) is 0 Å². The van der Waals surface area contributed by atoms with Gasteiger partial charge in [-0.1, -0.05) is 72.4 Å². The fraction of sp³-hybridized carbons (Fsp3) is 0.444. The molecule has 152 valence electrons. The largest absolute Gasteiger partial charge is 0.456 e. The molecular formula is C27H33NO. The van der Waals surface area contributed by atoms with Crippen LogP contribution in [0.4, 0.5) is 0 Å². The van der Waals surface area contributed by atoms with E-state index in [0.29, 0.717) is 11.8 Å². The minimum Gasteiger partial charge on any atom is -0.456 e. The lowest BCUT2D eigenvalue weighted by atomic mass is 9.76. The van der Waals surface area contributed by atoms with Crippen LogP contribution in [-0.4, -0.2) is 11.8 Å². The first-order chi connectivity index (χ1) is 13.6. The van der Waals surface area contributed by atoms with Gasteiger partial charge in [0.2, 0.25) is 0 Å². The lowest BCUT2D eigenvalue weighted by Crippen LogP contribution is -2.30.